The average molecular weight is 861 g/mol. The van der Waals surface area contributed by atoms with Crippen LogP contribution >= 0.6 is 0 Å². The average Bonchev–Trinajstić information content (AvgIpc) is 3.56. The van der Waals surface area contributed by atoms with Crippen molar-refractivity contribution in [2.75, 3.05) is 20.8 Å². The van der Waals surface area contributed by atoms with Gasteiger partial charge in [0.2, 0.25) is 0 Å². The molecule has 10 unspecified atom stereocenters. The summed E-state index contributed by atoms with van der Waals surface area (Å²) in [6.45, 7) is 16.2. The van der Waals surface area contributed by atoms with E-state index in [1.54, 1.807) is 40.2 Å². The van der Waals surface area contributed by atoms with Crippen LogP contribution < -0.4 is 0 Å². The van der Waals surface area contributed by atoms with Gasteiger partial charge in [0, 0.05) is 52.2 Å². The van der Waals surface area contributed by atoms with Crippen LogP contribution in [-0.2, 0) is 52.2 Å². The van der Waals surface area contributed by atoms with Gasteiger partial charge in [0.15, 0.2) is 18.4 Å². The number of aliphatic hydroxyl groups is 3. The van der Waals surface area contributed by atoms with Crippen molar-refractivity contribution in [3.8, 4) is 0 Å². The fraction of sp³-hybridized carbons (Fsp3) is 0.809. The third-order valence-electron chi connectivity index (χ3n) is 14.4. The van der Waals surface area contributed by atoms with E-state index in [1.807, 2.05) is 19.1 Å². The van der Waals surface area contributed by atoms with Crippen LogP contribution in [0.2, 0.25) is 0 Å². The van der Waals surface area contributed by atoms with Gasteiger partial charge in [-0.25, -0.2) is 0 Å². The summed E-state index contributed by atoms with van der Waals surface area (Å²) in [7, 11) is 3.22. The smallest absolute Gasteiger partial charge is 0.316 e. The number of rotatable bonds is 7. The van der Waals surface area contributed by atoms with Crippen molar-refractivity contribution in [1.82, 2.24) is 0 Å². The molecule has 5 saturated heterocycles. The summed E-state index contributed by atoms with van der Waals surface area (Å²) in [5.41, 5.74) is 0.184. The van der Waals surface area contributed by atoms with E-state index in [0.29, 0.717) is 55.6 Å². The largest absolute Gasteiger partial charge is 0.462 e. The van der Waals surface area contributed by atoms with Crippen LogP contribution in [0.15, 0.2) is 47.1 Å². The summed E-state index contributed by atoms with van der Waals surface area (Å²) < 4.78 is 63.7. The molecule has 0 aromatic rings. The third kappa shape index (κ3) is 9.67. The second-order valence-electron chi connectivity index (χ2n) is 19.2. The number of fused-ring (bicyclic) bond motifs is 2. The van der Waals surface area contributed by atoms with Gasteiger partial charge in [0.25, 0.3) is 0 Å². The minimum Gasteiger partial charge on any atom is -0.462 e. The predicted octanol–water partition coefficient (Wildman–Crippen LogP) is 5.21. The van der Waals surface area contributed by atoms with E-state index in [1.165, 1.54) is 0 Å². The number of esters is 1. The first kappa shape index (κ1) is 46.9. The van der Waals surface area contributed by atoms with E-state index in [9.17, 15) is 20.1 Å². The Hall–Kier alpha value is -2.05. The lowest BCUT2D eigenvalue weighted by Crippen LogP contribution is -2.58. The molecule has 61 heavy (non-hydrogen) atoms. The van der Waals surface area contributed by atoms with Crippen molar-refractivity contribution < 1.29 is 67.5 Å². The molecule has 1 aliphatic carbocycles. The molecule has 6 heterocycles. The first-order valence-electron chi connectivity index (χ1n) is 22.6. The highest BCUT2D eigenvalue weighted by atomic mass is 16.7. The highest BCUT2D eigenvalue weighted by Gasteiger charge is 2.60. The van der Waals surface area contributed by atoms with E-state index in [4.69, 9.17) is 47.4 Å². The quantitative estimate of drug-likeness (QED) is 0.225. The van der Waals surface area contributed by atoms with Crippen molar-refractivity contribution in [3.05, 3.63) is 47.1 Å². The summed E-state index contributed by atoms with van der Waals surface area (Å²) in [6.07, 6.45) is 5.52. The van der Waals surface area contributed by atoms with Gasteiger partial charge in [-0.05, 0) is 69.1 Å². The van der Waals surface area contributed by atoms with Crippen LogP contribution in [0.3, 0.4) is 0 Å². The van der Waals surface area contributed by atoms with Crippen LogP contribution in [0, 0.1) is 23.7 Å². The third-order valence-corrected chi connectivity index (χ3v) is 14.4. The van der Waals surface area contributed by atoms with Gasteiger partial charge >= 0.3 is 5.97 Å². The molecule has 0 radical (unpaired) electrons. The predicted molar refractivity (Wildman–Crippen MR) is 223 cm³/mol. The van der Waals surface area contributed by atoms with Crippen LogP contribution in [-0.4, -0.2) is 139 Å². The Labute approximate surface area is 361 Å². The van der Waals surface area contributed by atoms with Gasteiger partial charge in [-0.2, -0.15) is 0 Å². The lowest BCUT2D eigenvalue weighted by Gasteiger charge is -2.50. The molecule has 7 rings (SSSR count). The zero-order chi connectivity index (χ0) is 44.0. The number of hydrogen-bond donors (Lipinski definition) is 3. The van der Waals surface area contributed by atoms with Crippen LogP contribution in [0.25, 0.3) is 0 Å². The topological polar surface area (TPSA) is 170 Å². The number of carbonyl (C=O) groups is 1. The van der Waals surface area contributed by atoms with Gasteiger partial charge < -0.3 is 62.7 Å². The van der Waals surface area contributed by atoms with E-state index in [-0.39, 0.29) is 36.8 Å². The molecule has 1 spiro atoms. The molecule has 0 saturated carbocycles. The van der Waals surface area contributed by atoms with E-state index in [0.717, 1.165) is 12.0 Å². The fourth-order valence-electron chi connectivity index (χ4n) is 10.8. The molecule has 3 N–H and O–H groups in total. The lowest BCUT2D eigenvalue weighted by molar-refractivity contribution is -0.340. The number of methoxy groups -OCH3 is 2. The second-order valence-corrected chi connectivity index (χ2v) is 19.2. The minimum atomic E-state index is -1.82. The van der Waals surface area contributed by atoms with Crippen LogP contribution in [0.5, 0.6) is 0 Å². The first-order valence-corrected chi connectivity index (χ1v) is 22.6. The molecular formula is C47H72O14. The first-order chi connectivity index (χ1) is 29.0. The Morgan fingerprint density at radius 1 is 0.885 bits per heavy atom. The Morgan fingerprint density at radius 2 is 1.59 bits per heavy atom. The summed E-state index contributed by atoms with van der Waals surface area (Å²) in [5, 5.41) is 34.2. The summed E-state index contributed by atoms with van der Waals surface area (Å²) in [5.74, 6) is -2.15. The number of aliphatic hydroxyl groups excluding tert-OH is 2. The fourth-order valence-corrected chi connectivity index (χ4v) is 10.8. The monoisotopic (exact) mass is 860 g/mol. The standard InChI is InChI=1S/C47H72O14/c1-24(2)41-27(5)16-17-46(61-41)22-33-19-32(60-46)15-14-26(4)42(25(3)12-11-13-31-23-54-44-39(48)28(6)18-34(45(50)57-33)47(31,44)51)58-38-21-36(53-10)43(30(8)56-38)59-37-20-35(52-9)40(49)29(7)55-37/h11-14,18,24-25,27,29-30,32-44,48-49,51H,15-17,19-23H2,1-10H3/b12-11+,26-14+,31-13+/t25-,27-,29?,30?,32+,33-,34?,35?,36?,37?,38?,39?,40?,41+,42-,43?,44+,46+,47+/m0/s1. The van der Waals surface area contributed by atoms with E-state index < -0.39 is 90.8 Å². The molecule has 0 aromatic heterocycles. The Balaban J connectivity index is 1.17. The maximum absolute atomic E-state index is 14.3. The summed E-state index contributed by atoms with van der Waals surface area (Å²) in [6, 6.07) is 0. The Kier molecular flexibility index (Phi) is 14.8. The second kappa shape index (κ2) is 19.2. The summed E-state index contributed by atoms with van der Waals surface area (Å²) in [4.78, 5) is 14.3. The minimum absolute atomic E-state index is 0.0210. The van der Waals surface area contributed by atoms with E-state index in [2.05, 4.69) is 40.7 Å². The zero-order valence-electron chi connectivity index (χ0n) is 37.8. The maximum Gasteiger partial charge on any atom is 0.316 e. The molecule has 14 heteroatoms. The highest BCUT2D eigenvalue weighted by molar-refractivity contribution is 5.78. The number of hydrogen-bond acceptors (Lipinski definition) is 14. The van der Waals surface area contributed by atoms with Crippen molar-refractivity contribution >= 4 is 5.97 Å². The molecule has 19 atom stereocenters. The molecular weight excluding hydrogens is 789 g/mol. The molecule has 5 fully saturated rings. The molecule has 7 aliphatic rings. The van der Waals surface area contributed by atoms with Gasteiger partial charge in [-0.3, -0.25) is 4.79 Å². The van der Waals surface area contributed by atoms with Crippen molar-refractivity contribution in [2.45, 2.75) is 198 Å². The Bertz CT molecular complexity index is 1660. The summed E-state index contributed by atoms with van der Waals surface area (Å²) >= 11 is 0. The van der Waals surface area contributed by atoms with Crippen molar-refractivity contribution in [1.29, 1.82) is 0 Å². The molecule has 14 nitrogen and oxygen atoms in total. The molecule has 344 valence electrons. The number of ether oxygens (including phenoxy) is 10. The van der Waals surface area contributed by atoms with Gasteiger partial charge in [-0.1, -0.05) is 58.1 Å². The normalized spacial score (nSPS) is 49.6. The SMILES string of the molecule is COC1CC(OC2C(C)OC(O[C@@H]3/C(C)=C/C[C@@H]4C[C@@H](C[C@]5(CC[C@H](C)[C@@H](C(C)C)O5)O4)OC(=O)C4C=C(C)C(O)[C@H]5OC/C(=C\C=C\[C@@H]3C)[C@@]45O)CC2OC)OC(C)C1O. The zero-order valence-corrected chi connectivity index (χ0v) is 37.8. The molecule has 2 bridgehead atoms. The number of allylic oxidation sites excluding steroid dienone is 2. The highest BCUT2D eigenvalue weighted by Crippen LogP contribution is 2.48. The van der Waals surface area contributed by atoms with Crippen LogP contribution in [0.1, 0.15) is 100 Å². The van der Waals surface area contributed by atoms with Crippen molar-refractivity contribution in [2.24, 2.45) is 23.7 Å². The van der Waals surface area contributed by atoms with Crippen LogP contribution in [0.4, 0.5) is 0 Å². The van der Waals surface area contributed by atoms with E-state index >= 15 is 0 Å². The molecule has 0 aromatic carbocycles. The van der Waals surface area contributed by atoms with Gasteiger partial charge in [0.05, 0.1) is 49.3 Å². The molecule has 0 amide bonds. The number of carbonyl (C=O) groups excluding carboxylic acids is 1. The molecule has 6 aliphatic heterocycles. The van der Waals surface area contributed by atoms with Gasteiger partial charge in [0.1, 0.15) is 42.0 Å². The van der Waals surface area contributed by atoms with Gasteiger partial charge in [-0.15, -0.1) is 0 Å². The maximum atomic E-state index is 14.3. The lowest BCUT2D eigenvalue weighted by atomic mass is 9.71. The van der Waals surface area contributed by atoms with Crippen molar-refractivity contribution in [3.63, 3.8) is 0 Å². The Morgan fingerprint density at radius 3 is 2.31 bits per heavy atom.